The number of nitrogens with zero attached hydrogens (tertiary/aromatic N) is 1. The fraction of sp³-hybridized carbons (Fsp3) is 0.148. The first-order chi connectivity index (χ1) is 17.4. The first-order valence-corrected chi connectivity index (χ1v) is 11.5. The molecule has 0 radical (unpaired) electrons. The molecular weight excluding hydrogens is 484 g/mol. The van der Waals surface area contributed by atoms with Gasteiger partial charge < -0.3 is 14.2 Å². The molecule has 1 heterocycles. The Morgan fingerprint density at radius 1 is 0.972 bits per heavy atom. The Morgan fingerprint density at radius 2 is 1.69 bits per heavy atom. The van der Waals surface area contributed by atoms with Gasteiger partial charge in [-0.2, -0.15) is 0 Å². The average molecular weight is 507 g/mol. The van der Waals surface area contributed by atoms with Crippen molar-refractivity contribution in [1.82, 2.24) is 5.32 Å². The van der Waals surface area contributed by atoms with Crippen LogP contribution in [0.2, 0.25) is 5.02 Å². The van der Waals surface area contributed by atoms with Gasteiger partial charge in [0, 0.05) is 0 Å². The Morgan fingerprint density at radius 3 is 2.36 bits per heavy atom. The summed E-state index contributed by atoms with van der Waals surface area (Å²) in [5.41, 5.74) is 1.48. The number of hydrogen-bond donors (Lipinski definition) is 1. The lowest BCUT2D eigenvalue weighted by Crippen LogP contribution is -2.54. The van der Waals surface area contributed by atoms with E-state index in [4.69, 9.17) is 25.8 Å². The largest absolute Gasteiger partial charge is 0.493 e. The number of imide groups is 2. The molecule has 4 amide bonds. The molecule has 3 aromatic rings. The quantitative estimate of drug-likeness (QED) is 0.341. The molecule has 184 valence electrons. The normalized spacial score (nSPS) is 14.6. The number of amides is 4. The molecule has 0 atom stereocenters. The van der Waals surface area contributed by atoms with Crippen molar-refractivity contribution in [2.45, 2.75) is 13.5 Å². The molecule has 0 saturated carbocycles. The van der Waals surface area contributed by atoms with Crippen molar-refractivity contribution in [2.75, 3.05) is 18.6 Å². The maximum atomic E-state index is 13.2. The molecule has 3 aromatic carbocycles. The van der Waals surface area contributed by atoms with Gasteiger partial charge in [0.25, 0.3) is 11.8 Å². The minimum atomic E-state index is -0.845. The summed E-state index contributed by atoms with van der Waals surface area (Å²) >= 11 is 6.31. The number of methoxy groups -OCH3 is 1. The molecule has 1 saturated heterocycles. The molecule has 1 aliphatic heterocycles. The van der Waals surface area contributed by atoms with Crippen LogP contribution in [0.25, 0.3) is 6.08 Å². The van der Waals surface area contributed by atoms with Gasteiger partial charge >= 0.3 is 6.03 Å². The average Bonchev–Trinajstić information content (AvgIpc) is 2.88. The maximum Gasteiger partial charge on any atom is 0.335 e. The van der Waals surface area contributed by atoms with Gasteiger partial charge in [0.1, 0.15) is 17.9 Å². The number of anilines is 1. The predicted molar refractivity (Wildman–Crippen MR) is 135 cm³/mol. The van der Waals surface area contributed by atoms with Crippen LogP contribution in [0.5, 0.6) is 17.2 Å². The minimum Gasteiger partial charge on any atom is -0.493 e. The van der Waals surface area contributed by atoms with E-state index in [1.54, 1.807) is 36.4 Å². The van der Waals surface area contributed by atoms with Gasteiger partial charge in [-0.15, -0.1) is 0 Å². The summed E-state index contributed by atoms with van der Waals surface area (Å²) in [6.07, 6.45) is 1.35. The standard InChI is InChI=1S/C27H23ClN2O6/c1-3-35-24-22(28)14-18(15-23(24)34-2)13-21-25(31)29-27(33)30(26(21)32)19-9-11-20(12-10-19)36-16-17-7-5-4-6-8-17/h4-15H,3,16H2,1-2H3,(H,29,31,33)/b21-13+. The number of barbiturate groups is 1. The van der Waals surface area contributed by atoms with Crippen LogP contribution >= 0.6 is 11.6 Å². The number of carbonyl (C=O) groups is 3. The highest BCUT2D eigenvalue weighted by atomic mass is 35.5. The van der Waals surface area contributed by atoms with Crippen molar-refractivity contribution < 1.29 is 28.6 Å². The van der Waals surface area contributed by atoms with Crippen LogP contribution in [-0.2, 0) is 16.2 Å². The van der Waals surface area contributed by atoms with Crippen LogP contribution in [-0.4, -0.2) is 31.6 Å². The lowest BCUT2D eigenvalue weighted by Gasteiger charge is -2.26. The van der Waals surface area contributed by atoms with E-state index in [1.165, 1.54) is 13.2 Å². The number of halogens is 1. The van der Waals surface area contributed by atoms with Gasteiger partial charge in [-0.25, -0.2) is 9.69 Å². The van der Waals surface area contributed by atoms with Gasteiger partial charge in [0.05, 0.1) is 24.4 Å². The van der Waals surface area contributed by atoms with E-state index >= 15 is 0 Å². The minimum absolute atomic E-state index is 0.235. The van der Waals surface area contributed by atoms with E-state index in [-0.39, 0.29) is 16.3 Å². The lowest BCUT2D eigenvalue weighted by molar-refractivity contribution is -0.122. The number of urea groups is 1. The molecule has 4 rings (SSSR count). The highest BCUT2D eigenvalue weighted by Crippen LogP contribution is 2.37. The molecule has 8 nitrogen and oxygen atoms in total. The van der Waals surface area contributed by atoms with E-state index in [2.05, 4.69) is 5.32 Å². The van der Waals surface area contributed by atoms with Crippen LogP contribution in [0.1, 0.15) is 18.1 Å². The zero-order valence-corrected chi connectivity index (χ0v) is 20.4. The van der Waals surface area contributed by atoms with Crippen molar-refractivity contribution in [1.29, 1.82) is 0 Å². The summed E-state index contributed by atoms with van der Waals surface area (Å²) < 4.78 is 16.6. The Kier molecular flexibility index (Phi) is 7.56. The summed E-state index contributed by atoms with van der Waals surface area (Å²) in [5.74, 6) is -0.317. The van der Waals surface area contributed by atoms with Crippen LogP contribution in [0.15, 0.2) is 72.3 Å². The fourth-order valence-electron chi connectivity index (χ4n) is 3.60. The second-order valence-corrected chi connectivity index (χ2v) is 8.10. The lowest BCUT2D eigenvalue weighted by atomic mass is 10.1. The van der Waals surface area contributed by atoms with Crippen molar-refractivity contribution in [3.05, 3.63) is 88.5 Å². The molecule has 36 heavy (non-hydrogen) atoms. The van der Waals surface area contributed by atoms with E-state index in [0.717, 1.165) is 10.5 Å². The predicted octanol–water partition coefficient (Wildman–Crippen LogP) is 4.99. The summed E-state index contributed by atoms with van der Waals surface area (Å²) in [6, 6.07) is 18.4. The second-order valence-electron chi connectivity index (χ2n) is 7.69. The first-order valence-electron chi connectivity index (χ1n) is 11.1. The van der Waals surface area contributed by atoms with Gasteiger partial charge in [-0.1, -0.05) is 41.9 Å². The van der Waals surface area contributed by atoms with Crippen LogP contribution < -0.4 is 24.4 Å². The van der Waals surface area contributed by atoms with Gasteiger partial charge in [0.2, 0.25) is 0 Å². The number of rotatable bonds is 8. The molecule has 0 unspecified atom stereocenters. The van der Waals surface area contributed by atoms with E-state index < -0.39 is 17.8 Å². The number of hydrogen-bond acceptors (Lipinski definition) is 6. The molecule has 1 aliphatic rings. The zero-order valence-electron chi connectivity index (χ0n) is 19.6. The van der Waals surface area contributed by atoms with Crippen molar-refractivity contribution in [2.24, 2.45) is 0 Å². The van der Waals surface area contributed by atoms with Crippen molar-refractivity contribution >= 4 is 41.2 Å². The molecule has 1 fully saturated rings. The molecule has 0 aromatic heterocycles. The van der Waals surface area contributed by atoms with Crippen molar-refractivity contribution in [3.63, 3.8) is 0 Å². The highest BCUT2D eigenvalue weighted by molar-refractivity contribution is 6.39. The topological polar surface area (TPSA) is 94.2 Å². The maximum absolute atomic E-state index is 13.2. The van der Waals surface area contributed by atoms with Gasteiger partial charge in [0.15, 0.2) is 11.5 Å². The molecule has 9 heteroatoms. The van der Waals surface area contributed by atoms with E-state index in [1.807, 2.05) is 37.3 Å². The third-order valence-corrected chi connectivity index (χ3v) is 5.58. The summed E-state index contributed by atoms with van der Waals surface area (Å²) in [7, 11) is 1.46. The first kappa shape index (κ1) is 24.8. The third kappa shape index (κ3) is 5.34. The highest BCUT2D eigenvalue weighted by Gasteiger charge is 2.37. The fourth-order valence-corrected chi connectivity index (χ4v) is 3.87. The Balaban J connectivity index is 1.57. The van der Waals surface area contributed by atoms with Gasteiger partial charge in [-0.3, -0.25) is 14.9 Å². The van der Waals surface area contributed by atoms with E-state index in [0.29, 0.717) is 36.0 Å². The van der Waals surface area contributed by atoms with Crippen LogP contribution in [0.4, 0.5) is 10.5 Å². The molecular formula is C27H23ClN2O6. The Labute approximate surface area is 213 Å². The number of ether oxygens (including phenoxy) is 3. The third-order valence-electron chi connectivity index (χ3n) is 5.30. The molecule has 0 spiro atoms. The van der Waals surface area contributed by atoms with Crippen molar-refractivity contribution in [3.8, 4) is 17.2 Å². The van der Waals surface area contributed by atoms with Crippen LogP contribution in [0, 0.1) is 0 Å². The zero-order chi connectivity index (χ0) is 25.7. The molecule has 0 aliphatic carbocycles. The smallest absolute Gasteiger partial charge is 0.335 e. The number of benzene rings is 3. The number of nitrogens with one attached hydrogen (secondary N) is 1. The Bertz CT molecular complexity index is 1320. The monoisotopic (exact) mass is 506 g/mol. The molecule has 0 bridgehead atoms. The SMILES string of the molecule is CCOc1c(Cl)cc(/C=C2\C(=O)NC(=O)N(c3ccc(OCc4ccccc4)cc3)C2=O)cc1OC. The summed E-state index contributed by atoms with van der Waals surface area (Å²) in [6.45, 7) is 2.56. The van der Waals surface area contributed by atoms with Crippen LogP contribution in [0.3, 0.4) is 0 Å². The van der Waals surface area contributed by atoms with E-state index in [9.17, 15) is 14.4 Å². The molecule has 1 N–H and O–H groups in total. The summed E-state index contributed by atoms with van der Waals surface area (Å²) in [5, 5.41) is 2.46. The summed E-state index contributed by atoms with van der Waals surface area (Å²) in [4.78, 5) is 39.2. The second kappa shape index (κ2) is 11.0. The number of carbonyl (C=O) groups excluding carboxylic acids is 3. The Hall–Kier alpha value is -4.30. The van der Waals surface area contributed by atoms with Gasteiger partial charge in [-0.05, 0) is 60.5 Å².